The van der Waals surface area contributed by atoms with Crippen molar-refractivity contribution in [3.8, 4) is 0 Å². The Morgan fingerprint density at radius 2 is 1.70 bits per heavy atom. The second-order valence-corrected chi connectivity index (χ2v) is 7.07. The van der Waals surface area contributed by atoms with E-state index in [-0.39, 0.29) is 18.7 Å². The first-order valence-electron chi connectivity index (χ1n) is 8.10. The molecular weight excluding hydrogens is 436 g/mol. The van der Waals surface area contributed by atoms with Crippen LogP contribution in [0.2, 0.25) is 5.02 Å². The third-order valence-electron chi connectivity index (χ3n) is 3.46. The predicted molar refractivity (Wildman–Crippen MR) is 108 cm³/mol. The number of carbonyl (C=O) groups excluding carboxylic acids is 3. The van der Waals surface area contributed by atoms with Crippen molar-refractivity contribution in [3.05, 3.63) is 57.5 Å². The third-order valence-corrected chi connectivity index (χ3v) is 4.27. The molecule has 0 unspecified atom stereocenters. The molecule has 2 N–H and O–H groups in total. The van der Waals surface area contributed by atoms with Gasteiger partial charge in [-0.1, -0.05) is 45.2 Å². The van der Waals surface area contributed by atoms with Crippen molar-refractivity contribution in [2.75, 3.05) is 17.2 Å². The number of esters is 1. The van der Waals surface area contributed by atoms with Crippen LogP contribution in [0.25, 0.3) is 0 Å². The van der Waals surface area contributed by atoms with Crippen LogP contribution in [0.3, 0.4) is 0 Å². The Kier molecular flexibility index (Phi) is 7.82. The Morgan fingerprint density at radius 1 is 1.00 bits per heavy atom. The summed E-state index contributed by atoms with van der Waals surface area (Å²) >= 11 is 9.26. The van der Waals surface area contributed by atoms with Crippen molar-refractivity contribution >= 4 is 56.7 Å². The lowest BCUT2D eigenvalue weighted by molar-refractivity contribution is -0.147. The molecule has 6 nitrogen and oxygen atoms in total. The molecule has 0 aliphatic rings. The molecule has 0 aliphatic heterocycles. The summed E-state index contributed by atoms with van der Waals surface area (Å²) in [6.45, 7) is 1.49. The van der Waals surface area contributed by atoms with E-state index in [1.807, 2.05) is 19.1 Å². The van der Waals surface area contributed by atoms with Crippen molar-refractivity contribution in [2.24, 2.45) is 0 Å². The highest BCUT2D eigenvalue weighted by Crippen LogP contribution is 2.25. The molecule has 0 saturated carbocycles. The predicted octanol–water partition coefficient (Wildman–Crippen LogP) is 4.31. The van der Waals surface area contributed by atoms with E-state index in [2.05, 4.69) is 26.6 Å². The fourth-order valence-electron chi connectivity index (χ4n) is 2.07. The number of nitrogens with one attached hydrogen (secondary N) is 2. The lowest BCUT2D eigenvalue weighted by Gasteiger charge is -2.08. The van der Waals surface area contributed by atoms with Gasteiger partial charge in [0.15, 0.2) is 6.61 Å². The largest absolute Gasteiger partial charge is 0.456 e. The summed E-state index contributed by atoms with van der Waals surface area (Å²) < 4.78 is 5.65. The van der Waals surface area contributed by atoms with Gasteiger partial charge in [-0.2, -0.15) is 0 Å². The highest BCUT2D eigenvalue weighted by molar-refractivity contribution is 9.10. The minimum Gasteiger partial charge on any atom is -0.456 e. The van der Waals surface area contributed by atoms with Crippen LogP contribution in [-0.2, 0) is 19.1 Å². The van der Waals surface area contributed by atoms with Crippen LogP contribution in [-0.4, -0.2) is 24.4 Å². The monoisotopic (exact) mass is 452 g/mol. The number of ether oxygens (including phenoxy) is 1. The minimum atomic E-state index is -0.633. The van der Waals surface area contributed by atoms with E-state index in [0.29, 0.717) is 16.4 Å². The summed E-state index contributed by atoms with van der Waals surface area (Å²) in [4.78, 5) is 35.4. The quantitative estimate of drug-likeness (QED) is 0.612. The van der Waals surface area contributed by atoms with Crippen LogP contribution in [0.1, 0.15) is 18.4 Å². The van der Waals surface area contributed by atoms with Crippen molar-refractivity contribution in [1.82, 2.24) is 0 Å². The summed E-state index contributed by atoms with van der Waals surface area (Å²) in [5.74, 6) is -1.45. The molecule has 0 spiro atoms. The Balaban J connectivity index is 1.69. The van der Waals surface area contributed by atoms with E-state index in [1.165, 1.54) is 0 Å². The van der Waals surface area contributed by atoms with Crippen LogP contribution >= 0.6 is 27.5 Å². The molecule has 0 bridgehead atoms. The molecule has 0 radical (unpaired) electrons. The molecule has 0 saturated heterocycles. The highest BCUT2D eigenvalue weighted by Gasteiger charge is 2.12. The summed E-state index contributed by atoms with van der Waals surface area (Å²) in [7, 11) is 0. The number of hydrogen-bond acceptors (Lipinski definition) is 4. The summed E-state index contributed by atoms with van der Waals surface area (Å²) in [5.41, 5.74) is 2.15. The van der Waals surface area contributed by atoms with Crippen LogP contribution < -0.4 is 10.6 Å². The zero-order chi connectivity index (χ0) is 19.8. The molecule has 0 fully saturated rings. The second-order valence-electron chi connectivity index (χ2n) is 5.75. The fourth-order valence-corrected chi connectivity index (χ4v) is 2.79. The van der Waals surface area contributed by atoms with Gasteiger partial charge in [0.05, 0.1) is 17.1 Å². The molecule has 2 amide bonds. The first-order valence-corrected chi connectivity index (χ1v) is 9.27. The average Bonchev–Trinajstić information content (AvgIpc) is 2.62. The van der Waals surface area contributed by atoms with Crippen LogP contribution in [0.15, 0.2) is 46.9 Å². The Labute approximate surface area is 170 Å². The number of aryl methyl sites for hydroxylation is 1. The van der Waals surface area contributed by atoms with Gasteiger partial charge in [0, 0.05) is 16.6 Å². The average molecular weight is 454 g/mol. The molecule has 2 rings (SSSR count). The van der Waals surface area contributed by atoms with Gasteiger partial charge in [-0.05, 0) is 37.3 Å². The smallest absolute Gasteiger partial charge is 0.306 e. The molecule has 0 atom stereocenters. The standard InChI is InChI=1S/C19H18BrClN2O4/c1-12-2-5-14(6-3-12)22-17(24)8-9-19(26)27-11-18(25)23-16-7-4-13(20)10-15(16)21/h2-7,10H,8-9,11H2,1H3,(H,22,24)(H,23,25). The van der Waals surface area contributed by atoms with E-state index >= 15 is 0 Å². The van der Waals surface area contributed by atoms with E-state index < -0.39 is 18.5 Å². The molecular formula is C19H18BrClN2O4. The van der Waals surface area contributed by atoms with Gasteiger partial charge in [0.2, 0.25) is 5.91 Å². The van der Waals surface area contributed by atoms with Crippen molar-refractivity contribution in [2.45, 2.75) is 19.8 Å². The fraction of sp³-hybridized carbons (Fsp3) is 0.211. The molecule has 0 heterocycles. The van der Waals surface area contributed by atoms with Gasteiger partial charge in [0.1, 0.15) is 0 Å². The second kappa shape index (κ2) is 10.1. The van der Waals surface area contributed by atoms with Crippen molar-refractivity contribution < 1.29 is 19.1 Å². The first kappa shape index (κ1) is 20.9. The van der Waals surface area contributed by atoms with Gasteiger partial charge in [-0.3, -0.25) is 14.4 Å². The summed E-state index contributed by atoms with van der Waals surface area (Å²) in [6.07, 6.45) is -0.156. The number of carbonyl (C=O) groups is 3. The lowest BCUT2D eigenvalue weighted by Crippen LogP contribution is -2.22. The molecule has 2 aromatic rings. The normalized spacial score (nSPS) is 10.2. The van der Waals surface area contributed by atoms with Gasteiger partial charge in [-0.15, -0.1) is 0 Å². The molecule has 142 valence electrons. The maximum absolute atomic E-state index is 11.8. The molecule has 0 aliphatic carbocycles. The number of hydrogen-bond donors (Lipinski definition) is 2. The zero-order valence-corrected chi connectivity index (χ0v) is 16.9. The van der Waals surface area contributed by atoms with Crippen LogP contribution in [0, 0.1) is 6.92 Å². The van der Waals surface area contributed by atoms with E-state index in [9.17, 15) is 14.4 Å². The lowest BCUT2D eigenvalue weighted by atomic mass is 10.2. The maximum atomic E-state index is 11.8. The topological polar surface area (TPSA) is 84.5 Å². The first-order chi connectivity index (χ1) is 12.8. The number of rotatable bonds is 7. The Morgan fingerprint density at radius 3 is 2.37 bits per heavy atom. The van der Waals surface area contributed by atoms with Crippen LogP contribution in [0.4, 0.5) is 11.4 Å². The van der Waals surface area contributed by atoms with E-state index in [1.54, 1.807) is 30.3 Å². The van der Waals surface area contributed by atoms with Gasteiger partial charge in [0.25, 0.3) is 5.91 Å². The Hall–Kier alpha value is -2.38. The third kappa shape index (κ3) is 7.40. The summed E-state index contributed by atoms with van der Waals surface area (Å²) in [5, 5.41) is 5.59. The van der Waals surface area contributed by atoms with Gasteiger partial charge >= 0.3 is 5.97 Å². The van der Waals surface area contributed by atoms with Crippen LogP contribution in [0.5, 0.6) is 0 Å². The van der Waals surface area contributed by atoms with Crippen molar-refractivity contribution in [3.63, 3.8) is 0 Å². The molecule has 2 aromatic carbocycles. The van der Waals surface area contributed by atoms with E-state index in [0.717, 1.165) is 10.0 Å². The molecule has 27 heavy (non-hydrogen) atoms. The number of amides is 2. The number of benzene rings is 2. The number of halogens is 2. The van der Waals surface area contributed by atoms with Crippen molar-refractivity contribution in [1.29, 1.82) is 0 Å². The van der Waals surface area contributed by atoms with Gasteiger partial charge < -0.3 is 15.4 Å². The molecule has 0 aromatic heterocycles. The highest BCUT2D eigenvalue weighted by atomic mass is 79.9. The zero-order valence-electron chi connectivity index (χ0n) is 14.6. The number of anilines is 2. The van der Waals surface area contributed by atoms with E-state index in [4.69, 9.17) is 16.3 Å². The summed E-state index contributed by atoms with van der Waals surface area (Å²) in [6, 6.07) is 12.3. The minimum absolute atomic E-state index is 0.0349. The maximum Gasteiger partial charge on any atom is 0.306 e. The molecule has 8 heteroatoms. The Bertz CT molecular complexity index is 840. The van der Waals surface area contributed by atoms with Gasteiger partial charge in [-0.25, -0.2) is 0 Å². The SMILES string of the molecule is Cc1ccc(NC(=O)CCC(=O)OCC(=O)Nc2ccc(Br)cc2Cl)cc1.